The highest BCUT2D eigenvalue weighted by Crippen LogP contribution is 2.25. The summed E-state index contributed by atoms with van der Waals surface area (Å²) in [6.07, 6.45) is 1.25. The van der Waals surface area contributed by atoms with Gasteiger partial charge in [-0.25, -0.2) is 0 Å². The van der Waals surface area contributed by atoms with E-state index in [1.807, 2.05) is 6.92 Å². The van der Waals surface area contributed by atoms with Crippen molar-refractivity contribution in [2.24, 2.45) is 0 Å². The first kappa shape index (κ1) is 17.4. The van der Waals surface area contributed by atoms with Gasteiger partial charge in [-0.2, -0.15) is 8.78 Å². The Morgan fingerprint density at radius 3 is 2.70 bits per heavy atom. The topological polar surface area (TPSA) is 54.6 Å². The van der Waals surface area contributed by atoms with Crippen molar-refractivity contribution in [1.29, 1.82) is 0 Å². The lowest BCUT2D eigenvalue weighted by Gasteiger charge is -2.19. The molecular weight excluding hydrogens is 304 g/mol. The normalized spacial score (nSPS) is 14.0. The molecule has 1 aromatic carbocycles. The Balaban J connectivity index is 1.93. The minimum absolute atomic E-state index is 0.0324. The maximum atomic E-state index is 12.5. The number of hydrogen-bond acceptors (Lipinski definition) is 4. The lowest BCUT2D eigenvalue weighted by molar-refractivity contribution is -0.0509. The third kappa shape index (κ3) is 5.04. The van der Waals surface area contributed by atoms with Crippen LogP contribution in [0.2, 0.25) is 0 Å². The lowest BCUT2D eigenvalue weighted by Crippen LogP contribution is -2.27. The second kappa shape index (κ2) is 8.08. The van der Waals surface area contributed by atoms with Crippen LogP contribution in [-0.2, 0) is 6.54 Å². The molecule has 0 spiro atoms. The Bertz CT molecular complexity index is 602. The van der Waals surface area contributed by atoms with Crippen molar-refractivity contribution in [2.75, 3.05) is 0 Å². The number of hydrogen-bond donors (Lipinski definition) is 2. The predicted molar refractivity (Wildman–Crippen MR) is 82.4 cm³/mol. The Hall–Kier alpha value is -1.92. The van der Waals surface area contributed by atoms with Crippen molar-refractivity contribution in [3.8, 4) is 5.75 Å². The summed E-state index contributed by atoms with van der Waals surface area (Å²) in [7, 11) is 0. The van der Waals surface area contributed by atoms with E-state index in [4.69, 9.17) is 4.42 Å². The van der Waals surface area contributed by atoms with Gasteiger partial charge in [-0.1, -0.05) is 18.2 Å². The van der Waals surface area contributed by atoms with Crippen LogP contribution in [0, 0.1) is 6.92 Å². The van der Waals surface area contributed by atoms with Gasteiger partial charge in [-0.15, -0.1) is 0 Å². The predicted octanol–water partition coefficient (Wildman–Crippen LogP) is 3.79. The van der Waals surface area contributed by atoms with Gasteiger partial charge in [-0.05, 0) is 38.0 Å². The molecule has 0 fully saturated rings. The Labute approximate surface area is 134 Å². The quantitative estimate of drug-likeness (QED) is 0.775. The van der Waals surface area contributed by atoms with E-state index in [1.54, 1.807) is 37.3 Å². The molecule has 0 amide bonds. The summed E-state index contributed by atoms with van der Waals surface area (Å²) < 4.78 is 34.8. The molecule has 0 aliphatic rings. The van der Waals surface area contributed by atoms with Gasteiger partial charge in [0.25, 0.3) is 0 Å². The number of nitrogens with one attached hydrogen (secondary N) is 1. The average molecular weight is 325 g/mol. The van der Waals surface area contributed by atoms with E-state index >= 15 is 0 Å². The maximum Gasteiger partial charge on any atom is 0.387 e. The van der Waals surface area contributed by atoms with Gasteiger partial charge in [0.15, 0.2) is 0 Å². The molecule has 1 aromatic heterocycles. The molecule has 4 nitrogen and oxygen atoms in total. The Morgan fingerprint density at radius 1 is 1.26 bits per heavy atom. The second-order valence-corrected chi connectivity index (χ2v) is 5.49. The van der Waals surface area contributed by atoms with E-state index in [9.17, 15) is 13.9 Å². The van der Waals surface area contributed by atoms with Crippen LogP contribution < -0.4 is 10.1 Å². The van der Waals surface area contributed by atoms with Gasteiger partial charge >= 0.3 is 6.61 Å². The summed E-state index contributed by atoms with van der Waals surface area (Å²) in [4.78, 5) is 0. The van der Waals surface area contributed by atoms with Gasteiger partial charge in [0.05, 0.1) is 6.26 Å². The van der Waals surface area contributed by atoms with Crippen LogP contribution in [0.25, 0.3) is 0 Å². The minimum atomic E-state index is -2.85. The molecule has 0 aliphatic heterocycles. The number of ether oxygens (including phenoxy) is 1. The fraction of sp³-hybridized carbons (Fsp3) is 0.412. The number of benzene rings is 1. The van der Waals surface area contributed by atoms with Gasteiger partial charge in [0.2, 0.25) is 0 Å². The molecule has 2 aromatic rings. The van der Waals surface area contributed by atoms with Crippen molar-refractivity contribution in [1.82, 2.24) is 5.32 Å². The van der Waals surface area contributed by atoms with Crippen molar-refractivity contribution in [2.45, 2.75) is 45.6 Å². The summed E-state index contributed by atoms with van der Waals surface area (Å²) in [6.45, 7) is 1.16. The fourth-order valence-electron chi connectivity index (χ4n) is 2.41. The van der Waals surface area contributed by atoms with Crippen LogP contribution in [0.1, 0.15) is 36.3 Å². The number of alkyl halides is 2. The molecule has 0 aliphatic carbocycles. The van der Waals surface area contributed by atoms with E-state index in [2.05, 4.69) is 10.1 Å². The summed E-state index contributed by atoms with van der Waals surface area (Å²) >= 11 is 0. The third-order valence-electron chi connectivity index (χ3n) is 3.59. The van der Waals surface area contributed by atoms with Crippen molar-refractivity contribution >= 4 is 0 Å². The maximum absolute atomic E-state index is 12.5. The first-order valence-electron chi connectivity index (χ1n) is 7.45. The van der Waals surface area contributed by atoms with Crippen LogP contribution >= 0.6 is 0 Å². The van der Waals surface area contributed by atoms with Crippen LogP contribution in [0.4, 0.5) is 8.78 Å². The standard InChI is InChI=1S/C17H21F2NO3/c1-11-5-3-6-13(16(11)23-17(18)19)10-20-12(2)9-14(21)15-7-4-8-22-15/h3-8,12,14,17,20-21H,9-10H2,1-2H3. The highest BCUT2D eigenvalue weighted by atomic mass is 19.3. The number of aryl methyl sites for hydroxylation is 1. The molecule has 23 heavy (non-hydrogen) atoms. The van der Waals surface area contributed by atoms with E-state index in [-0.39, 0.29) is 11.8 Å². The summed E-state index contributed by atoms with van der Waals surface area (Å²) in [5, 5.41) is 13.2. The SMILES string of the molecule is Cc1cccc(CNC(C)CC(O)c2ccco2)c1OC(F)F. The van der Waals surface area contributed by atoms with Gasteiger partial charge < -0.3 is 19.6 Å². The largest absolute Gasteiger partial charge is 0.467 e. The van der Waals surface area contributed by atoms with E-state index in [0.29, 0.717) is 29.9 Å². The molecular formula is C17H21F2NO3. The third-order valence-corrected chi connectivity index (χ3v) is 3.59. The monoisotopic (exact) mass is 325 g/mol. The smallest absolute Gasteiger partial charge is 0.387 e. The minimum Gasteiger partial charge on any atom is -0.467 e. The molecule has 2 N–H and O–H groups in total. The van der Waals surface area contributed by atoms with Gasteiger partial charge in [0, 0.05) is 18.2 Å². The molecule has 1 heterocycles. The fourth-order valence-corrected chi connectivity index (χ4v) is 2.41. The lowest BCUT2D eigenvalue weighted by atomic mass is 10.1. The zero-order chi connectivity index (χ0) is 16.8. The van der Waals surface area contributed by atoms with Crippen LogP contribution in [0.15, 0.2) is 41.0 Å². The number of rotatable bonds is 8. The van der Waals surface area contributed by atoms with E-state index in [1.165, 1.54) is 6.26 Å². The van der Waals surface area contributed by atoms with Gasteiger partial charge in [-0.3, -0.25) is 0 Å². The Kier molecular flexibility index (Phi) is 6.12. The molecule has 0 saturated carbocycles. The summed E-state index contributed by atoms with van der Waals surface area (Å²) in [5.74, 6) is 0.713. The molecule has 2 atom stereocenters. The van der Waals surface area contributed by atoms with Crippen molar-refractivity contribution < 1.29 is 23.0 Å². The molecule has 2 unspecified atom stereocenters. The number of para-hydroxylation sites is 1. The molecule has 0 saturated heterocycles. The molecule has 6 heteroatoms. The number of aliphatic hydroxyl groups excluding tert-OH is 1. The van der Waals surface area contributed by atoms with Crippen molar-refractivity contribution in [3.63, 3.8) is 0 Å². The number of aliphatic hydroxyl groups is 1. The average Bonchev–Trinajstić information content (AvgIpc) is 3.02. The first-order valence-corrected chi connectivity index (χ1v) is 7.45. The zero-order valence-corrected chi connectivity index (χ0v) is 13.1. The van der Waals surface area contributed by atoms with Gasteiger partial charge in [0.1, 0.15) is 17.6 Å². The zero-order valence-electron chi connectivity index (χ0n) is 13.1. The Morgan fingerprint density at radius 2 is 2.04 bits per heavy atom. The van der Waals surface area contributed by atoms with Crippen LogP contribution in [0.5, 0.6) is 5.75 Å². The van der Waals surface area contributed by atoms with E-state index in [0.717, 1.165) is 0 Å². The number of halogens is 2. The summed E-state index contributed by atoms with van der Waals surface area (Å²) in [5.41, 5.74) is 1.32. The summed E-state index contributed by atoms with van der Waals surface area (Å²) in [6, 6.07) is 8.67. The highest BCUT2D eigenvalue weighted by molar-refractivity contribution is 5.40. The van der Waals surface area contributed by atoms with E-state index < -0.39 is 12.7 Å². The van der Waals surface area contributed by atoms with Crippen LogP contribution in [-0.4, -0.2) is 17.8 Å². The second-order valence-electron chi connectivity index (χ2n) is 5.49. The molecule has 0 radical (unpaired) electrons. The van der Waals surface area contributed by atoms with Crippen molar-refractivity contribution in [3.05, 3.63) is 53.5 Å². The highest BCUT2D eigenvalue weighted by Gasteiger charge is 2.16. The molecule has 126 valence electrons. The van der Waals surface area contributed by atoms with Crippen LogP contribution in [0.3, 0.4) is 0 Å². The molecule has 2 rings (SSSR count). The first-order chi connectivity index (χ1) is 11.0. The number of furan rings is 1. The molecule has 0 bridgehead atoms.